The average molecular weight is 279 g/mol. The van der Waals surface area contributed by atoms with Crippen LogP contribution in [0.15, 0.2) is 35.3 Å². The Hall–Kier alpha value is -1.26. The third-order valence-electron chi connectivity index (χ3n) is 2.64. The minimum Gasteiger partial charge on any atom is -0.390 e. The number of aliphatic imine (C=N–C) groups is 1. The van der Waals surface area contributed by atoms with Crippen LogP contribution in [0.5, 0.6) is 0 Å². The second-order valence-electron chi connectivity index (χ2n) is 4.22. The minimum atomic E-state index is -2.66. The molecule has 0 atom stereocenters. The Labute approximate surface area is 115 Å². The first kappa shape index (κ1) is 15.8. The van der Waals surface area contributed by atoms with Crippen LogP contribution in [0.2, 0.25) is 0 Å². The molecule has 0 bridgehead atoms. The van der Waals surface area contributed by atoms with E-state index in [0.717, 1.165) is 18.0 Å². The molecule has 0 aliphatic heterocycles. The Morgan fingerprint density at radius 2 is 1.68 bits per heavy atom. The molecule has 1 rings (SSSR count). The second kappa shape index (κ2) is 8.77. The molecular weight excluding hydrogens is 258 g/mol. The molecule has 4 nitrogen and oxygen atoms in total. The Morgan fingerprint density at radius 1 is 1.11 bits per heavy atom. The molecule has 0 heterocycles. The fourth-order valence-electron chi connectivity index (χ4n) is 1.75. The molecule has 1 aromatic rings. The number of rotatable bonds is 9. The van der Waals surface area contributed by atoms with Gasteiger partial charge in [0.1, 0.15) is 0 Å². The van der Waals surface area contributed by atoms with Gasteiger partial charge in [-0.1, -0.05) is 44.2 Å². The normalized spacial score (nSPS) is 11.1. The van der Waals surface area contributed by atoms with Gasteiger partial charge in [0.15, 0.2) is 0 Å². The largest absolute Gasteiger partial charge is 0.395 e. The fraction of sp³-hybridized carbons (Fsp3) is 0.500. The molecule has 0 saturated heterocycles. The number of benzene rings is 1. The van der Waals surface area contributed by atoms with Crippen LogP contribution in [0.3, 0.4) is 0 Å². The van der Waals surface area contributed by atoms with Crippen molar-refractivity contribution in [2.75, 3.05) is 19.4 Å². The quantitative estimate of drug-likeness (QED) is 0.395. The summed E-state index contributed by atoms with van der Waals surface area (Å²) < 4.78 is 12.0. The molecule has 104 valence electrons. The molecule has 0 aliphatic carbocycles. The topological polar surface area (TPSA) is 47.9 Å². The molecule has 0 amide bonds. The van der Waals surface area contributed by atoms with E-state index in [1.165, 1.54) is 0 Å². The molecule has 0 N–H and O–H groups in total. The maximum atomic E-state index is 10.4. The Kier molecular flexibility index (Phi) is 7.29. The van der Waals surface area contributed by atoms with Crippen LogP contribution in [-0.4, -0.2) is 34.0 Å². The van der Waals surface area contributed by atoms with Crippen LogP contribution >= 0.6 is 0 Å². The summed E-state index contributed by atoms with van der Waals surface area (Å²) in [5, 5.41) is 1.01. The lowest BCUT2D eigenvalue weighted by Crippen LogP contribution is -2.57. The third-order valence-corrected chi connectivity index (χ3v) is 5.77. The van der Waals surface area contributed by atoms with Crippen LogP contribution in [0.4, 0.5) is 0 Å². The summed E-state index contributed by atoms with van der Waals surface area (Å²) in [6.45, 7) is 5.32. The van der Waals surface area contributed by atoms with E-state index >= 15 is 0 Å². The maximum absolute atomic E-state index is 10.4. The lowest BCUT2D eigenvalue weighted by molar-refractivity contribution is 0.181. The highest BCUT2D eigenvalue weighted by molar-refractivity contribution is 6.81. The SMILES string of the molecule is CCCO[Si](CN=C=O)(OCCC)c1ccccc1. The number of nitrogens with zero attached hydrogens (tertiary/aromatic N) is 1. The second-order valence-corrected chi connectivity index (χ2v) is 7.20. The van der Waals surface area contributed by atoms with Gasteiger partial charge >= 0.3 is 8.56 Å². The first-order valence-corrected chi connectivity index (χ1v) is 8.68. The third kappa shape index (κ3) is 4.72. The molecule has 0 saturated carbocycles. The Bertz CT molecular complexity index is 396. The summed E-state index contributed by atoms with van der Waals surface area (Å²) in [5.41, 5.74) is 0. The first-order chi connectivity index (χ1) is 9.29. The van der Waals surface area contributed by atoms with E-state index in [-0.39, 0.29) is 6.17 Å². The van der Waals surface area contributed by atoms with Gasteiger partial charge in [0.05, 0.1) is 6.17 Å². The molecular formula is C14H21NO3Si. The average Bonchev–Trinajstić information content (AvgIpc) is 2.48. The number of hydrogen-bond donors (Lipinski definition) is 0. The van der Waals surface area contributed by atoms with E-state index in [2.05, 4.69) is 4.99 Å². The Morgan fingerprint density at radius 3 is 2.16 bits per heavy atom. The van der Waals surface area contributed by atoms with Crippen molar-refractivity contribution >= 4 is 19.8 Å². The summed E-state index contributed by atoms with van der Waals surface area (Å²) >= 11 is 0. The summed E-state index contributed by atoms with van der Waals surface area (Å²) in [6.07, 6.45) is 3.67. The van der Waals surface area contributed by atoms with Crippen LogP contribution < -0.4 is 5.19 Å². The van der Waals surface area contributed by atoms with Gasteiger partial charge in [-0.25, -0.2) is 9.79 Å². The van der Waals surface area contributed by atoms with Gasteiger partial charge in [-0.2, -0.15) is 0 Å². The predicted octanol–water partition coefficient (Wildman–Crippen LogP) is 2.06. The number of isocyanates is 1. The predicted molar refractivity (Wildman–Crippen MR) is 77.3 cm³/mol. The van der Waals surface area contributed by atoms with Crippen molar-refractivity contribution in [1.29, 1.82) is 0 Å². The van der Waals surface area contributed by atoms with Crippen molar-refractivity contribution in [3.8, 4) is 0 Å². The van der Waals surface area contributed by atoms with Gasteiger partial charge in [-0.15, -0.1) is 0 Å². The molecule has 0 radical (unpaired) electrons. The van der Waals surface area contributed by atoms with Crippen molar-refractivity contribution < 1.29 is 13.6 Å². The maximum Gasteiger partial charge on any atom is 0.395 e. The molecule has 0 aliphatic rings. The molecule has 5 heteroatoms. The highest BCUT2D eigenvalue weighted by Gasteiger charge is 2.40. The molecule has 0 unspecified atom stereocenters. The summed E-state index contributed by atoms with van der Waals surface area (Å²) in [4.78, 5) is 14.2. The monoisotopic (exact) mass is 279 g/mol. The van der Waals surface area contributed by atoms with Gasteiger partial charge < -0.3 is 8.85 Å². The van der Waals surface area contributed by atoms with E-state index in [4.69, 9.17) is 8.85 Å². The van der Waals surface area contributed by atoms with E-state index < -0.39 is 8.56 Å². The molecule has 19 heavy (non-hydrogen) atoms. The Balaban J connectivity index is 3.04. The standard InChI is InChI=1S/C14H21NO3Si/c1-3-10-17-19(13-15-12-16,18-11-4-2)14-8-6-5-7-9-14/h5-9H,3-4,10-11,13H2,1-2H3. The van der Waals surface area contributed by atoms with Crippen molar-refractivity contribution in [2.45, 2.75) is 26.7 Å². The van der Waals surface area contributed by atoms with E-state index in [1.807, 2.05) is 44.2 Å². The van der Waals surface area contributed by atoms with Gasteiger partial charge in [-0.05, 0) is 18.0 Å². The van der Waals surface area contributed by atoms with Crippen molar-refractivity contribution in [3.63, 3.8) is 0 Å². The summed E-state index contributed by atoms with van der Waals surface area (Å²) in [7, 11) is -2.66. The van der Waals surface area contributed by atoms with E-state index in [1.54, 1.807) is 6.08 Å². The minimum absolute atomic E-state index is 0.264. The fourth-order valence-corrected chi connectivity index (χ4v) is 4.58. The molecule has 0 fully saturated rings. The highest BCUT2D eigenvalue weighted by Crippen LogP contribution is 2.11. The van der Waals surface area contributed by atoms with Crippen molar-refractivity contribution in [2.24, 2.45) is 4.99 Å². The molecule has 0 spiro atoms. The van der Waals surface area contributed by atoms with Crippen molar-refractivity contribution in [1.82, 2.24) is 0 Å². The van der Waals surface area contributed by atoms with E-state index in [0.29, 0.717) is 13.2 Å². The van der Waals surface area contributed by atoms with Gasteiger partial charge in [-0.3, -0.25) is 0 Å². The smallest absolute Gasteiger partial charge is 0.390 e. The molecule has 0 aromatic heterocycles. The molecule has 1 aromatic carbocycles. The summed E-state index contributed by atoms with van der Waals surface area (Å²) in [5.74, 6) is 0. The highest BCUT2D eigenvalue weighted by atomic mass is 28.4. The lowest BCUT2D eigenvalue weighted by Gasteiger charge is -2.29. The number of hydrogen-bond acceptors (Lipinski definition) is 4. The van der Waals surface area contributed by atoms with Crippen molar-refractivity contribution in [3.05, 3.63) is 30.3 Å². The van der Waals surface area contributed by atoms with Crippen LogP contribution in [0.25, 0.3) is 0 Å². The van der Waals surface area contributed by atoms with Crippen LogP contribution in [-0.2, 0) is 13.6 Å². The van der Waals surface area contributed by atoms with Gasteiger partial charge in [0.25, 0.3) is 0 Å². The summed E-state index contributed by atoms with van der Waals surface area (Å²) in [6, 6.07) is 9.82. The van der Waals surface area contributed by atoms with E-state index in [9.17, 15) is 4.79 Å². The van der Waals surface area contributed by atoms with Crippen LogP contribution in [0, 0.1) is 0 Å². The zero-order chi connectivity index (χ0) is 14.0. The zero-order valence-electron chi connectivity index (χ0n) is 11.6. The van der Waals surface area contributed by atoms with Crippen LogP contribution in [0.1, 0.15) is 26.7 Å². The van der Waals surface area contributed by atoms with Gasteiger partial charge in [0.2, 0.25) is 6.08 Å². The first-order valence-electron chi connectivity index (χ1n) is 6.66. The zero-order valence-corrected chi connectivity index (χ0v) is 12.6. The number of carbonyl (C=O) groups excluding carboxylic acids is 1. The van der Waals surface area contributed by atoms with Gasteiger partial charge in [0, 0.05) is 13.2 Å². The lowest BCUT2D eigenvalue weighted by atomic mass is 10.4.